The van der Waals surface area contributed by atoms with E-state index in [2.05, 4.69) is 21.5 Å². The second-order valence-electron chi connectivity index (χ2n) is 6.49. The summed E-state index contributed by atoms with van der Waals surface area (Å²) in [6.07, 6.45) is 1.82. The Bertz CT molecular complexity index is 986. The van der Waals surface area contributed by atoms with Gasteiger partial charge in [0.25, 0.3) is 0 Å². The number of nitrogens with zero attached hydrogens (tertiary/aromatic N) is 4. The second-order valence-corrected chi connectivity index (χ2v) is 6.93. The largest absolute Gasteiger partial charge is 0.495 e. The SMILES string of the molecule is COc1ccc(Cl)cc1NC(=O)CN(C)Cc1cnc2c(c1)c(C)nn2C. The number of likely N-dealkylation sites (N-methyl/N-ethyl adjacent to an activating group) is 1. The average molecular weight is 388 g/mol. The van der Waals surface area contributed by atoms with Crippen molar-refractivity contribution in [3.63, 3.8) is 0 Å². The summed E-state index contributed by atoms with van der Waals surface area (Å²) in [5, 5.41) is 8.78. The van der Waals surface area contributed by atoms with Gasteiger partial charge in [-0.15, -0.1) is 0 Å². The highest BCUT2D eigenvalue weighted by Crippen LogP contribution is 2.27. The lowest BCUT2D eigenvalue weighted by molar-refractivity contribution is -0.117. The lowest BCUT2D eigenvalue weighted by Crippen LogP contribution is -2.30. The van der Waals surface area contributed by atoms with Gasteiger partial charge in [-0.05, 0) is 43.8 Å². The number of nitrogens with one attached hydrogen (secondary N) is 1. The van der Waals surface area contributed by atoms with E-state index in [1.165, 1.54) is 0 Å². The first-order valence-corrected chi connectivity index (χ1v) is 8.85. The zero-order valence-electron chi connectivity index (χ0n) is 15.8. The number of amides is 1. The smallest absolute Gasteiger partial charge is 0.238 e. The van der Waals surface area contributed by atoms with Crippen molar-refractivity contribution in [3.8, 4) is 5.75 Å². The molecule has 0 atom stereocenters. The van der Waals surface area contributed by atoms with Gasteiger partial charge < -0.3 is 10.1 Å². The van der Waals surface area contributed by atoms with E-state index in [9.17, 15) is 4.79 Å². The predicted molar refractivity (Wildman–Crippen MR) is 106 cm³/mol. The average Bonchev–Trinajstić information content (AvgIpc) is 2.88. The molecule has 27 heavy (non-hydrogen) atoms. The zero-order valence-corrected chi connectivity index (χ0v) is 16.5. The van der Waals surface area contributed by atoms with Gasteiger partial charge in [-0.2, -0.15) is 5.10 Å². The normalized spacial score (nSPS) is 11.2. The molecular weight excluding hydrogens is 366 g/mol. The van der Waals surface area contributed by atoms with Crippen LogP contribution >= 0.6 is 11.6 Å². The first-order chi connectivity index (χ1) is 12.9. The third-order valence-electron chi connectivity index (χ3n) is 4.22. The fraction of sp³-hybridized carbons (Fsp3) is 0.316. The van der Waals surface area contributed by atoms with Crippen molar-refractivity contribution in [1.29, 1.82) is 0 Å². The Hall–Kier alpha value is -2.64. The van der Waals surface area contributed by atoms with E-state index in [1.807, 2.05) is 32.1 Å². The van der Waals surface area contributed by atoms with Crippen LogP contribution in [-0.2, 0) is 18.4 Å². The Kier molecular flexibility index (Phi) is 5.62. The summed E-state index contributed by atoms with van der Waals surface area (Å²) in [6.45, 7) is 2.78. The van der Waals surface area contributed by atoms with E-state index in [0.29, 0.717) is 23.0 Å². The topological polar surface area (TPSA) is 72.3 Å². The molecule has 0 spiro atoms. The van der Waals surface area contributed by atoms with Crippen molar-refractivity contribution in [3.05, 3.63) is 46.7 Å². The molecule has 0 aliphatic carbocycles. The number of fused-ring (bicyclic) bond motifs is 1. The van der Waals surface area contributed by atoms with Crippen LogP contribution in [0.2, 0.25) is 5.02 Å². The summed E-state index contributed by atoms with van der Waals surface area (Å²) in [5.41, 5.74) is 3.37. The van der Waals surface area contributed by atoms with Gasteiger partial charge in [0, 0.05) is 30.2 Å². The number of carbonyl (C=O) groups excluding carboxylic acids is 1. The van der Waals surface area contributed by atoms with Crippen molar-refractivity contribution >= 4 is 34.2 Å². The summed E-state index contributed by atoms with van der Waals surface area (Å²) in [4.78, 5) is 18.8. The molecule has 3 rings (SSSR count). The van der Waals surface area contributed by atoms with Crippen LogP contribution in [0.25, 0.3) is 11.0 Å². The minimum Gasteiger partial charge on any atom is -0.495 e. The van der Waals surface area contributed by atoms with Gasteiger partial charge in [0.1, 0.15) is 5.75 Å². The van der Waals surface area contributed by atoms with E-state index >= 15 is 0 Å². The first-order valence-electron chi connectivity index (χ1n) is 8.47. The third kappa shape index (κ3) is 4.37. The van der Waals surface area contributed by atoms with Crippen LogP contribution in [0.3, 0.4) is 0 Å². The first kappa shape index (κ1) is 19.1. The minimum atomic E-state index is -0.148. The van der Waals surface area contributed by atoms with Gasteiger partial charge in [-0.1, -0.05) is 11.6 Å². The molecule has 1 N–H and O–H groups in total. The number of hydrogen-bond acceptors (Lipinski definition) is 5. The van der Waals surface area contributed by atoms with Gasteiger partial charge in [0.05, 0.1) is 25.0 Å². The summed E-state index contributed by atoms with van der Waals surface area (Å²) < 4.78 is 7.02. The molecule has 2 heterocycles. The Morgan fingerprint density at radius 1 is 1.37 bits per heavy atom. The third-order valence-corrected chi connectivity index (χ3v) is 4.46. The molecule has 8 heteroatoms. The lowest BCUT2D eigenvalue weighted by Gasteiger charge is -2.17. The van der Waals surface area contributed by atoms with Crippen molar-refractivity contribution in [2.75, 3.05) is 26.0 Å². The minimum absolute atomic E-state index is 0.148. The molecule has 0 saturated carbocycles. The summed E-state index contributed by atoms with van der Waals surface area (Å²) >= 11 is 6.00. The van der Waals surface area contributed by atoms with Crippen molar-refractivity contribution < 1.29 is 9.53 Å². The number of benzene rings is 1. The Labute approximate surface area is 162 Å². The summed E-state index contributed by atoms with van der Waals surface area (Å²) in [6, 6.07) is 7.17. The monoisotopic (exact) mass is 387 g/mol. The highest BCUT2D eigenvalue weighted by molar-refractivity contribution is 6.31. The molecule has 0 unspecified atom stereocenters. The molecule has 1 aromatic carbocycles. The molecule has 0 bridgehead atoms. The molecule has 3 aromatic rings. The Balaban J connectivity index is 1.65. The quantitative estimate of drug-likeness (QED) is 0.703. The molecule has 0 radical (unpaired) electrons. The van der Waals surface area contributed by atoms with Crippen molar-refractivity contribution in [1.82, 2.24) is 19.7 Å². The number of methoxy groups -OCH3 is 1. The van der Waals surface area contributed by atoms with Gasteiger partial charge in [0.15, 0.2) is 5.65 Å². The highest BCUT2D eigenvalue weighted by atomic mass is 35.5. The molecule has 0 saturated heterocycles. The number of aromatic nitrogens is 3. The van der Waals surface area contributed by atoms with Crippen LogP contribution in [0.15, 0.2) is 30.5 Å². The Morgan fingerprint density at radius 2 is 2.15 bits per heavy atom. The number of rotatable bonds is 6. The molecular formula is C19H22ClN5O2. The van der Waals surface area contributed by atoms with Crippen LogP contribution in [-0.4, -0.2) is 46.3 Å². The van der Waals surface area contributed by atoms with E-state index < -0.39 is 0 Å². The van der Waals surface area contributed by atoms with Gasteiger partial charge in [-0.25, -0.2) is 4.98 Å². The van der Waals surface area contributed by atoms with Crippen molar-refractivity contribution in [2.24, 2.45) is 7.05 Å². The van der Waals surface area contributed by atoms with E-state index in [1.54, 1.807) is 30.0 Å². The van der Waals surface area contributed by atoms with E-state index in [4.69, 9.17) is 16.3 Å². The van der Waals surface area contributed by atoms with Crippen LogP contribution < -0.4 is 10.1 Å². The number of halogens is 1. The lowest BCUT2D eigenvalue weighted by atomic mass is 10.2. The number of carbonyl (C=O) groups is 1. The number of anilines is 1. The standard InChI is InChI=1S/C19H22ClN5O2/c1-12-15-7-13(9-21-19(15)25(3)23-12)10-24(2)11-18(26)22-16-8-14(20)5-6-17(16)27-4/h5-9H,10-11H2,1-4H3,(H,22,26). The predicted octanol–water partition coefficient (Wildman–Crippen LogP) is 3.01. The summed E-state index contributed by atoms with van der Waals surface area (Å²) in [5.74, 6) is 0.418. The summed E-state index contributed by atoms with van der Waals surface area (Å²) in [7, 11) is 5.31. The molecule has 142 valence electrons. The van der Waals surface area contributed by atoms with Crippen molar-refractivity contribution in [2.45, 2.75) is 13.5 Å². The van der Waals surface area contributed by atoms with Gasteiger partial charge in [-0.3, -0.25) is 14.4 Å². The fourth-order valence-corrected chi connectivity index (χ4v) is 3.19. The Morgan fingerprint density at radius 3 is 2.89 bits per heavy atom. The maximum Gasteiger partial charge on any atom is 0.238 e. The fourth-order valence-electron chi connectivity index (χ4n) is 3.02. The molecule has 0 aliphatic rings. The number of pyridine rings is 1. The molecule has 7 nitrogen and oxygen atoms in total. The van der Waals surface area contributed by atoms with Crippen LogP contribution in [0.5, 0.6) is 5.75 Å². The number of hydrogen-bond donors (Lipinski definition) is 1. The molecule has 0 aliphatic heterocycles. The van der Waals surface area contributed by atoms with E-state index in [-0.39, 0.29) is 12.5 Å². The molecule has 1 amide bonds. The maximum absolute atomic E-state index is 12.4. The van der Waals surface area contributed by atoms with Gasteiger partial charge >= 0.3 is 0 Å². The molecule has 2 aromatic heterocycles. The van der Waals surface area contributed by atoms with Crippen LogP contribution in [0.4, 0.5) is 5.69 Å². The van der Waals surface area contributed by atoms with E-state index in [0.717, 1.165) is 22.3 Å². The highest BCUT2D eigenvalue weighted by Gasteiger charge is 2.13. The van der Waals surface area contributed by atoms with Gasteiger partial charge in [0.2, 0.25) is 5.91 Å². The number of ether oxygens (including phenoxy) is 1. The number of aryl methyl sites for hydroxylation is 2. The van der Waals surface area contributed by atoms with Crippen LogP contribution in [0.1, 0.15) is 11.3 Å². The molecule has 0 fully saturated rings. The van der Waals surface area contributed by atoms with Crippen LogP contribution in [0, 0.1) is 6.92 Å². The second kappa shape index (κ2) is 7.94. The maximum atomic E-state index is 12.4. The zero-order chi connectivity index (χ0) is 19.6.